The second-order valence-electron chi connectivity index (χ2n) is 5.98. The highest BCUT2D eigenvalue weighted by Gasteiger charge is 2.10. The quantitative estimate of drug-likeness (QED) is 0.650. The van der Waals surface area contributed by atoms with E-state index in [0.717, 1.165) is 43.5 Å². The molecule has 0 bridgehead atoms. The Balaban J connectivity index is 2.40. The Morgan fingerprint density at radius 1 is 1.18 bits per heavy atom. The second kappa shape index (κ2) is 10.2. The summed E-state index contributed by atoms with van der Waals surface area (Å²) in [5, 5.41) is 3.05. The van der Waals surface area contributed by atoms with Crippen molar-refractivity contribution in [3.05, 3.63) is 29.8 Å². The number of carbonyl (C=O) groups is 1. The molecule has 124 valence electrons. The summed E-state index contributed by atoms with van der Waals surface area (Å²) in [6.45, 7) is 6.74. The zero-order chi connectivity index (χ0) is 16.4. The van der Waals surface area contributed by atoms with Crippen molar-refractivity contribution >= 4 is 5.91 Å². The molecular formula is C18H30N2O2. The summed E-state index contributed by atoms with van der Waals surface area (Å²) < 4.78 is 5.69. The maximum atomic E-state index is 12.0. The molecule has 0 radical (unpaired) electrons. The van der Waals surface area contributed by atoms with Crippen LogP contribution in [0, 0.1) is 0 Å². The fourth-order valence-electron chi connectivity index (χ4n) is 2.31. The van der Waals surface area contributed by atoms with E-state index in [9.17, 15) is 4.79 Å². The Kier molecular flexibility index (Phi) is 8.60. The lowest BCUT2D eigenvalue weighted by Crippen LogP contribution is -2.26. The highest BCUT2D eigenvalue weighted by molar-refractivity contribution is 5.76. The van der Waals surface area contributed by atoms with Crippen LogP contribution in [0.4, 0.5) is 0 Å². The molecule has 0 aliphatic heterocycles. The molecule has 22 heavy (non-hydrogen) atoms. The van der Waals surface area contributed by atoms with Crippen molar-refractivity contribution in [1.82, 2.24) is 5.32 Å². The van der Waals surface area contributed by atoms with Crippen molar-refractivity contribution in [2.45, 2.75) is 65.0 Å². The molecular weight excluding hydrogens is 276 g/mol. The van der Waals surface area contributed by atoms with E-state index in [1.807, 2.05) is 45.0 Å². The number of amides is 1. The number of benzene rings is 1. The summed E-state index contributed by atoms with van der Waals surface area (Å²) in [5.41, 5.74) is 6.52. The van der Waals surface area contributed by atoms with E-state index in [1.54, 1.807) is 0 Å². The highest BCUT2D eigenvalue weighted by atomic mass is 16.5. The van der Waals surface area contributed by atoms with Gasteiger partial charge >= 0.3 is 0 Å². The predicted molar refractivity (Wildman–Crippen MR) is 90.9 cm³/mol. The Labute approximate surface area is 134 Å². The van der Waals surface area contributed by atoms with Crippen LogP contribution >= 0.6 is 0 Å². The van der Waals surface area contributed by atoms with Gasteiger partial charge in [0.05, 0.1) is 12.1 Å². The number of ether oxygens (including phenoxy) is 1. The third-order valence-corrected chi connectivity index (χ3v) is 3.47. The molecule has 0 aliphatic carbocycles. The van der Waals surface area contributed by atoms with Gasteiger partial charge in [-0.15, -0.1) is 0 Å². The fraction of sp³-hybridized carbons (Fsp3) is 0.611. The molecule has 4 nitrogen and oxygen atoms in total. The zero-order valence-corrected chi connectivity index (χ0v) is 14.1. The molecule has 0 aliphatic rings. The highest BCUT2D eigenvalue weighted by Crippen LogP contribution is 2.20. The Bertz CT molecular complexity index is 446. The van der Waals surface area contributed by atoms with Crippen molar-refractivity contribution < 1.29 is 9.53 Å². The van der Waals surface area contributed by atoms with Gasteiger partial charge in [0.25, 0.3) is 0 Å². The van der Waals surface area contributed by atoms with E-state index < -0.39 is 0 Å². The SMILES string of the molecule is CC(C)Oc1cccc(C(C)NC(=O)CCCCCCN)c1. The molecule has 1 atom stereocenters. The van der Waals surface area contributed by atoms with Gasteiger partial charge in [0.1, 0.15) is 5.75 Å². The van der Waals surface area contributed by atoms with Crippen LogP contribution in [0.15, 0.2) is 24.3 Å². The number of nitrogens with two attached hydrogens (primary N) is 1. The first kappa shape index (κ1) is 18.5. The van der Waals surface area contributed by atoms with Gasteiger partial charge in [-0.25, -0.2) is 0 Å². The van der Waals surface area contributed by atoms with Crippen molar-refractivity contribution in [2.24, 2.45) is 5.73 Å². The van der Waals surface area contributed by atoms with Crippen LogP contribution in [0.2, 0.25) is 0 Å². The molecule has 4 heteroatoms. The summed E-state index contributed by atoms with van der Waals surface area (Å²) in [6, 6.07) is 7.90. The van der Waals surface area contributed by atoms with Crippen molar-refractivity contribution in [2.75, 3.05) is 6.54 Å². The van der Waals surface area contributed by atoms with E-state index in [4.69, 9.17) is 10.5 Å². The van der Waals surface area contributed by atoms with Gasteiger partial charge in [0.15, 0.2) is 0 Å². The third-order valence-electron chi connectivity index (χ3n) is 3.47. The predicted octanol–water partition coefficient (Wildman–Crippen LogP) is 3.56. The molecule has 0 saturated carbocycles. The molecule has 3 N–H and O–H groups in total. The molecule has 1 rings (SSSR count). The number of hydrogen-bond acceptors (Lipinski definition) is 3. The Hall–Kier alpha value is -1.55. The minimum absolute atomic E-state index is 0.00717. The van der Waals surface area contributed by atoms with Crippen LogP contribution in [0.5, 0.6) is 5.75 Å². The monoisotopic (exact) mass is 306 g/mol. The summed E-state index contributed by atoms with van der Waals surface area (Å²) in [7, 11) is 0. The smallest absolute Gasteiger partial charge is 0.220 e. The van der Waals surface area contributed by atoms with Crippen molar-refractivity contribution in [3.8, 4) is 5.75 Å². The van der Waals surface area contributed by atoms with Gasteiger partial charge in [-0.1, -0.05) is 25.0 Å². The van der Waals surface area contributed by atoms with Gasteiger partial charge in [-0.3, -0.25) is 4.79 Å². The maximum absolute atomic E-state index is 12.0. The molecule has 1 aromatic carbocycles. The first-order valence-electron chi connectivity index (χ1n) is 8.29. The molecule has 1 aromatic rings. The van der Waals surface area contributed by atoms with E-state index in [0.29, 0.717) is 6.42 Å². The molecule has 0 heterocycles. The summed E-state index contributed by atoms with van der Waals surface area (Å²) >= 11 is 0. The van der Waals surface area contributed by atoms with Gasteiger partial charge in [-0.05, 0) is 57.9 Å². The molecule has 0 aromatic heterocycles. The summed E-state index contributed by atoms with van der Waals surface area (Å²) in [5.74, 6) is 0.950. The lowest BCUT2D eigenvalue weighted by molar-refractivity contribution is -0.121. The van der Waals surface area contributed by atoms with Crippen molar-refractivity contribution in [3.63, 3.8) is 0 Å². The molecule has 1 amide bonds. The Morgan fingerprint density at radius 3 is 2.59 bits per heavy atom. The maximum Gasteiger partial charge on any atom is 0.220 e. The minimum atomic E-state index is -0.00717. The lowest BCUT2D eigenvalue weighted by atomic mass is 10.1. The molecule has 0 spiro atoms. The van der Waals surface area contributed by atoms with Crippen LogP contribution in [-0.2, 0) is 4.79 Å². The van der Waals surface area contributed by atoms with Crippen LogP contribution in [0.25, 0.3) is 0 Å². The third kappa shape index (κ3) is 7.46. The van der Waals surface area contributed by atoms with Gasteiger partial charge in [-0.2, -0.15) is 0 Å². The summed E-state index contributed by atoms with van der Waals surface area (Å²) in [6.07, 6.45) is 4.87. The van der Waals surface area contributed by atoms with E-state index in [-0.39, 0.29) is 18.1 Å². The number of rotatable bonds is 10. The van der Waals surface area contributed by atoms with E-state index in [2.05, 4.69) is 5.32 Å². The minimum Gasteiger partial charge on any atom is -0.491 e. The second-order valence-corrected chi connectivity index (χ2v) is 5.98. The standard InChI is InChI=1S/C18H30N2O2/c1-14(2)22-17-10-8-9-16(13-17)15(3)20-18(21)11-6-4-5-7-12-19/h8-10,13-15H,4-7,11-12,19H2,1-3H3,(H,20,21). The number of carbonyl (C=O) groups excluding carboxylic acids is 1. The first-order chi connectivity index (χ1) is 10.5. The van der Waals surface area contributed by atoms with Crippen LogP contribution < -0.4 is 15.8 Å². The van der Waals surface area contributed by atoms with Gasteiger partial charge in [0, 0.05) is 6.42 Å². The van der Waals surface area contributed by atoms with Gasteiger partial charge in [0.2, 0.25) is 5.91 Å². The zero-order valence-electron chi connectivity index (χ0n) is 14.1. The van der Waals surface area contributed by atoms with Gasteiger partial charge < -0.3 is 15.8 Å². The molecule has 0 saturated heterocycles. The molecule has 1 unspecified atom stereocenters. The average Bonchev–Trinajstić information content (AvgIpc) is 2.46. The van der Waals surface area contributed by atoms with Crippen LogP contribution in [0.3, 0.4) is 0 Å². The topological polar surface area (TPSA) is 64.3 Å². The largest absolute Gasteiger partial charge is 0.491 e. The van der Waals surface area contributed by atoms with E-state index >= 15 is 0 Å². The van der Waals surface area contributed by atoms with Crippen LogP contribution in [0.1, 0.15) is 64.5 Å². The Morgan fingerprint density at radius 2 is 1.91 bits per heavy atom. The fourth-order valence-corrected chi connectivity index (χ4v) is 2.31. The average molecular weight is 306 g/mol. The van der Waals surface area contributed by atoms with Crippen molar-refractivity contribution in [1.29, 1.82) is 0 Å². The normalized spacial score (nSPS) is 12.2. The number of unbranched alkanes of at least 4 members (excludes halogenated alkanes) is 3. The number of nitrogens with one attached hydrogen (secondary N) is 1. The number of hydrogen-bond donors (Lipinski definition) is 2. The molecule has 0 fully saturated rings. The summed E-state index contributed by atoms with van der Waals surface area (Å²) in [4.78, 5) is 12.0. The van der Waals surface area contributed by atoms with Crippen LogP contribution in [-0.4, -0.2) is 18.6 Å². The van der Waals surface area contributed by atoms with E-state index in [1.165, 1.54) is 0 Å². The lowest BCUT2D eigenvalue weighted by Gasteiger charge is -2.16. The first-order valence-corrected chi connectivity index (χ1v) is 8.29.